The lowest BCUT2D eigenvalue weighted by molar-refractivity contribution is -0.296. The van der Waals surface area contributed by atoms with Crippen LogP contribution in [0.3, 0.4) is 0 Å². The Bertz CT molecular complexity index is 391. The molecule has 5 nitrogen and oxygen atoms in total. The van der Waals surface area contributed by atoms with E-state index in [-0.39, 0.29) is 17.9 Å². The van der Waals surface area contributed by atoms with E-state index in [4.69, 9.17) is 13.7 Å². The van der Waals surface area contributed by atoms with Gasteiger partial charge in [-0.2, -0.15) is 8.42 Å². The van der Waals surface area contributed by atoms with E-state index in [1.165, 1.54) is 0 Å². The van der Waals surface area contributed by atoms with Gasteiger partial charge < -0.3 is 9.47 Å². The molecule has 0 N–H and O–H groups in total. The van der Waals surface area contributed by atoms with Crippen molar-refractivity contribution in [2.24, 2.45) is 11.3 Å². The van der Waals surface area contributed by atoms with Crippen LogP contribution in [-0.4, -0.2) is 40.3 Å². The van der Waals surface area contributed by atoms with Crippen molar-refractivity contribution in [2.75, 3.05) is 26.1 Å². The van der Waals surface area contributed by atoms with Crippen LogP contribution >= 0.6 is 0 Å². The molecule has 0 aromatic rings. The van der Waals surface area contributed by atoms with Crippen molar-refractivity contribution in [1.29, 1.82) is 0 Å². The summed E-state index contributed by atoms with van der Waals surface area (Å²) in [5, 5.41) is 0. The normalized spacial score (nSPS) is 30.7. The summed E-state index contributed by atoms with van der Waals surface area (Å²) in [6, 6.07) is 0. The lowest BCUT2D eigenvalue weighted by Gasteiger charge is -2.41. The van der Waals surface area contributed by atoms with Crippen molar-refractivity contribution in [2.45, 2.75) is 38.9 Å². The summed E-state index contributed by atoms with van der Waals surface area (Å²) >= 11 is 0. The average Bonchev–Trinajstić information content (AvgIpc) is 2.64. The van der Waals surface area contributed by atoms with Crippen LogP contribution in [-0.2, 0) is 23.8 Å². The summed E-state index contributed by atoms with van der Waals surface area (Å²) in [4.78, 5) is 0. The summed E-state index contributed by atoms with van der Waals surface area (Å²) in [7, 11) is -3.35. The second kappa shape index (κ2) is 4.74. The van der Waals surface area contributed by atoms with E-state index < -0.39 is 15.9 Å². The van der Waals surface area contributed by atoms with Crippen molar-refractivity contribution < 1.29 is 22.1 Å². The molecule has 6 heteroatoms. The highest BCUT2D eigenvalue weighted by molar-refractivity contribution is 7.85. The molecule has 106 valence electrons. The van der Waals surface area contributed by atoms with E-state index in [1.54, 1.807) is 0 Å². The molecule has 1 spiro atoms. The molecular formula is C12H22O5S. The highest BCUT2D eigenvalue weighted by Crippen LogP contribution is 2.43. The zero-order valence-electron chi connectivity index (χ0n) is 11.3. The van der Waals surface area contributed by atoms with Gasteiger partial charge in [0.25, 0.3) is 10.1 Å². The second-order valence-electron chi connectivity index (χ2n) is 6.25. The number of hydrogen-bond donors (Lipinski definition) is 0. The average molecular weight is 278 g/mol. The Labute approximate surface area is 109 Å². The lowest BCUT2D eigenvalue weighted by atomic mass is 9.94. The molecule has 1 heterocycles. The first-order valence-corrected chi connectivity index (χ1v) is 8.14. The molecule has 0 amide bonds. The first-order chi connectivity index (χ1) is 8.20. The van der Waals surface area contributed by atoms with Crippen molar-refractivity contribution in [3.8, 4) is 0 Å². The topological polar surface area (TPSA) is 61.8 Å². The summed E-state index contributed by atoms with van der Waals surface area (Å²) < 4.78 is 38.5. The zero-order valence-corrected chi connectivity index (χ0v) is 12.1. The molecule has 0 aromatic heterocycles. The molecule has 18 heavy (non-hydrogen) atoms. The monoisotopic (exact) mass is 278 g/mol. The predicted molar refractivity (Wildman–Crippen MR) is 66.6 cm³/mol. The van der Waals surface area contributed by atoms with Crippen LogP contribution in [0.4, 0.5) is 0 Å². The molecule has 0 unspecified atom stereocenters. The molecule has 0 aromatic carbocycles. The van der Waals surface area contributed by atoms with E-state index in [2.05, 4.69) is 13.8 Å². The van der Waals surface area contributed by atoms with Crippen LogP contribution in [0.5, 0.6) is 0 Å². The second-order valence-corrected chi connectivity index (χ2v) is 7.89. The van der Waals surface area contributed by atoms with Crippen LogP contribution in [0.2, 0.25) is 0 Å². The van der Waals surface area contributed by atoms with Crippen molar-refractivity contribution in [1.82, 2.24) is 0 Å². The minimum atomic E-state index is -3.35. The molecule has 1 aliphatic carbocycles. The van der Waals surface area contributed by atoms with E-state index >= 15 is 0 Å². The van der Waals surface area contributed by atoms with Gasteiger partial charge in [-0.15, -0.1) is 0 Å². The minimum Gasteiger partial charge on any atom is -0.349 e. The van der Waals surface area contributed by atoms with Crippen LogP contribution in [0, 0.1) is 11.3 Å². The van der Waals surface area contributed by atoms with E-state index in [0.29, 0.717) is 13.2 Å². The maximum absolute atomic E-state index is 11.0. The Morgan fingerprint density at radius 3 is 2.44 bits per heavy atom. The van der Waals surface area contributed by atoms with Crippen LogP contribution < -0.4 is 0 Å². The smallest absolute Gasteiger partial charge is 0.264 e. The summed E-state index contributed by atoms with van der Waals surface area (Å²) in [5.41, 5.74) is 0.0621. The van der Waals surface area contributed by atoms with E-state index in [9.17, 15) is 8.42 Å². The Morgan fingerprint density at radius 1 is 1.28 bits per heavy atom. The van der Waals surface area contributed by atoms with Crippen molar-refractivity contribution in [3.05, 3.63) is 0 Å². The molecule has 1 saturated carbocycles. The van der Waals surface area contributed by atoms with Gasteiger partial charge in [-0.25, -0.2) is 0 Å². The van der Waals surface area contributed by atoms with Gasteiger partial charge >= 0.3 is 0 Å². The summed E-state index contributed by atoms with van der Waals surface area (Å²) in [6.45, 7) is 5.83. The maximum Gasteiger partial charge on any atom is 0.264 e. The third kappa shape index (κ3) is 3.66. The van der Waals surface area contributed by atoms with Gasteiger partial charge in [0.15, 0.2) is 5.79 Å². The van der Waals surface area contributed by atoms with Crippen LogP contribution in [0.25, 0.3) is 0 Å². The largest absolute Gasteiger partial charge is 0.349 e. The fraction of sp³-hybridized carbons (Fsp3) is 1.00. The molecule has 0 bridgehead atoms. The van der Waals surface area contributed by atoms with Gasteiger partial charge in [0.05, 0.1) is 26.1 Å². The predicted octanol–water partition coefficient (Wildman–Crippen LogP) is 1.53. The van der Waals surface area contributed by atoms with Crippen molar-refractivity contribution >= 4 is 10.1 Å². The fourth-order valence-electron chi connectivity index (χ4n) is 2.43. The summed E-state index contributed by atoms with van der Waals surface area (Å²) in [6.07, 6.45) is 3.50. The molecule has 1 atom stereocenters. The standard InChI is InChI=1S/C12H22O5S/c1-11(2)8-15-12(16-9-11)5-4-10(6-12)7-17-18(3,13)14/h10H,4-9H2,1-3H3/t10-/m0/s1. The van der Waals surface area contributed by atoms with E-state index in [0.717, 1.165) is 25.5 Å². The highest BCUT2D eigenvalue weighted by atomic mass is 32.2. The molecule has 1 saturated heterocycles. The van der Waals surface area contributed by atoms with Gasteiger partial charge in [0.2, 0.25) is 0 Å². The SMILES string of the molecule is CC1(C)COC2(CC[C@H](COS(C)(=O)=O)C2)OC1. The third-order valence-corrected chi connectivity index (χ3v) is 4.07. The molecular weight excluding hydrogens is 256 g/mol. The number of rotatable bonds is 3. The Hall–Kier alpha value is -0.170. The van der Waals surface area contributed by atoms with Gasteiger partial charge in [-0.1, -0.05) is 13.8 Å². The molecule has 0 radical (unpaired) electrons. The fourth-order valence-corrected chi connectivity index (χ4v) is 2.87. The first kappa shape index (κ1) is 14.2. The Kier molecular flexibility index (Phi) is 3.75. The molecule has 1 aliphatic heterocycles. The van der Waals surface area contributed by atoms with Gasteiger partial charge in [0.1, 0.15) is 0 Å². The zero-order chi connectivity index (χ0) is 13.4. The van der Waals surface area contributed by atoms with Gasteiger partial charge in [0, 0.05) is 18.3 Å². The minimum absolute atomic E-state index is 0.0621. The first-order valence-electron chi connectivity index (χ1n) is 6.32. The highest BCUT2D eigenvalue weighted by Gasteiger charge is 2.46. The third-order valence-electron chi connectivity index (χ3n) is 3.50. The van der Waals surface area contributed by atoms with Crippen molar-refractivity contribution in [3.63, 3.8) is 0 Å². The lowest BCUT2D eigenvalue weighted by Crippen LogP contribution is -2.46. The van der Waals surface area contributed by atoms with Gasteiger partial charge in [-0.3, -0.25) is 4.18 Å². The van der Waals surface area contributed by atoms with Crippen LogP contribution in [0.15, 0.2) is 0 Å². The summed E-state index contributed by atoms with van der Waals surface area (Å²) in [5.74, 6) is -0.304. The Morgan fingerprint density at radius 2 is 1.89 bits per heavy atom. The number of ether oxygens (including phenoxy) is 2. The van der Waals surface area contributed by atoms with Crippen LogP contribution in [0.1, 0.15) is 33.1 Å². The quantitative estimate of drug-likeness (QED) is 0.733. The maximum atomic E-state index is 11.0. The van der Waals surface area contributed by atoms with Gasteiger partial charge in [-0.05, 0) is 12.3 Å². The molecule has 2 aliphatic rings. The molecule has 2 rings (SSSR count). The Balaban J connectivity index is 1.85. The molecule has 2 fully saturated rings. The number of hydrogen-bond acceptors (Lipinski definition) is 5. The van der Waals surface area contributed by atoms with E-state index in [1.807, 2.05) is 0 Å².